The molecule has 1 aliphatic rings. The maximum atomic E-state index is 12.7. The molecule has 0 aliphatic carbocycles. The third-order valence-electron chi connectivity index (χ3n) is 4.81. The topological polar surface area (TPSA) is 59.5 Å². The van der Waals surface area contributed by atoms with Crippen LogP contribution in [0.4, 0.5) is 0 Å². The van der Waals surface area contributed by atoms with Crippen LogP contribution in [0, 0.1) is 0 Å². The van der Waals surface area contributed by atoms with Crippen molar-refractivity contribution in [2.75, 3.05) is 6.54 Å². The van der Waals surface area contributed by atoms with Gasteiger partial charge in [-0.15, -0.1) is 11.3 Å². The summed E-state index contributed by atoms with van der Waals surface area (Å²) in [5, 5.41) is 2.41. The first kappa shape index (κ1) is 18.4. The van der Waals surface area contributed by atoms with Crippen molar-refractivity contribution < 1.29 is 14.3 Å². The Kier molecular flexibility index (Phi) is 5.21. The quantitative estimate of drug-likeness (QED) is 0.631. The van der Waals surface area contributed by atoms with E-state index in [-0.39, 0.29) is 11.6 Å². The fraction of sp³-hybridized carbons (Fsp3) is 0.227. The van der Waals surface area contributed by atoms with Crippen LogP contribution in [0.25, 0.3) is 10.6 Å². The molecule has 1 aromatic heterocycles. The molecule has 0 spiro atoms. The van der Waals surface area contributed by atoms with Crippen LogP contribution in [0.15, 0.2) is 60.0 Å². The second kappa shape index (κ2) is 7.94. The van der Waals surface area contributed by atoms with Gasteiger partial charge in [-0.1, -0.05) is 54.6 Å². The second-order valence-electron chi connectivity index (χ2n) is 6.73. The summed E-state index contributed by atoms with van der Waals surface area (Å²) < 4.78 is 5.40. The molecule has 0 unspecified atom stereocenters. The van der Waals surface area contributed by atoms with E-state index in [9.17, 15) is 9.59 Å². The number of hydrogen-bond acceptors (Lipinski definition) is 5. The van der Waals surface area contributed by atoms with E-state index in [4.69, 9.17) is 4.74 Å². The highest BCUT2D eigenvalue weighted by atomic mass is 32.1. The van der Waals surface area contributed by atoms with Gasteiger partial charge in [-0.05, 0) is 24.5 Å². The Hall–Kier alpha value is -2.99. The number of ether oxygens (including phenoxy) is 1. The van der Waals surface area contributed by atoms with E-state index < -0.39 is 12.1 Å². The van der Waals surface area contributed by atoms with Crippen LogP contribution in [0.3, 0.4) is 0 Å². The minimum absolute atomic E-state index is 0.179. The van der Waals surface area contributed by atoms with Crippen molar-refractivity contribution in [3.8, 4) is 10.6 Å². The average Bonchev–Trinajstić information content (AvgIpc) is 3.24. The summed E-state index contributed by atoms with van der Waals surface area (Å²) in [5.74, 6) is -0.752. The lowest BCUT2D eigenvalue weighted by Crippen LogP contribution is -2.42. The third kappa shape index (κ3) is 3.82. The molecule has 0 fully saturated rings. The van der Waals surface area contributed by atoms with E-state index in [1.165, 1.54) is 16.9 Å². The minimum Gasteiger partial charge on any atom is -0.448 e. The molecular weight excluding hydrogens is 372 g/mol. The number of hydrogen-bond donors (Lipinski definition) is 0. The highest BCUT2D eigenvalue weighted by Gasteiger charge is 2.27. The van der Waals surface area contributed by atoms with E-state index in [2.05, 4.69) is 11.1 Å². The first-order chi connectivity index (χ1) is 13.6. The largest absolute Gasteiger partial charge is 0.448 e. The molecule has 5 nitrogen and oxygen atoms in total. The zero-order valence-electron chi connectivity index (χ0n) is 15.5. The maximum Gasteiger partial charge on any atom is 0.358 e. The molecular formula is C22H20N2O3S. The Morgan fingerprint density at radius 2 is 1.79 bits per heavy atom. The van der Waals surface area contributed by atoms with Crippen molar-refractivity contribution in [2.45, 2.75) is 26.0 Å². The summed E-state index contributed by atoms with van der Waals surface area (Å²) >= 11 is 1.38. The van der Waals surface area contributed by atoms with Crippen molar-refractivity contribution in [3.05, 3.63) is 76.8 Å². The Morgan fingerprint density at radius 3 is 2.57 bits per heavy atom. The highest BCUT2D eigenvalue weighted by molar-refractivity contribution is 7.13. The molecule has 4 rings (SSSR count). The molecule has 1 atom stereocenters. The fourth-order valence-corrected chi connectivity index (χ4v) is 4.09. The van der Waals surface area contributed by atoms with Crippen molar-refractivity contribution in [1.29, 1.82) is 0 Å². The molecule has 2 aromatic carbocycles. The second-order valence-corrected chi connectivity index (χ2v) is 7.59. The van der Waals surface area contributed by atoms with Gasteiger partial charge in [0.2, 0.25) is 0 Å². The van der Waals surface area contributed by atoms with Crippen molar-refractivity contribution in [1.82, 2.24) is 9.88 Å². The molecule has 3 aromatic rings. The first-order valence-corrected chi connectivity index (χ1v) is 10.1. The SMILES string of the molecule is C[C@H](OC(=O)c1csc(-c2ccccc2)n1)C(=O)N1CCc2ccccc2C1. The summed E-state index contributed by atoms with van der Waals surface area (Å²) in [4.78, 5) is 31.3. The maximum absolute atomic E-state index is 12.7. The number of carbonyl (C=O) groups is 2. The van der Waals surface area contributed by atoms with Crippen LogP contribution in [-0.2, 0) is 22.5 Å². The lowest BCUT2D eigenvalue weighted by atomic mass is 9.99. The first-order valence-electron chi connectivity index (χ1n) is 9.19. The molecule has 28 heavy (non-hydrogen) atoms. The third-order valence-corrected chi connectivity index (χ3v) is 5.70. The molecule has 6 heteroatoms. The zero-order valence-corrected chi connectivity index (χ0v) is 16.3. The lowest BCUT2D eigenvalue weighted by Gasteiger charge is -2.30. The Balaban J connectivity index is 1.40. The molecule has 1 aliphatic heterocycles. The van der Waals surface area contributed by atoms with Crippen molar-refractivity contribution in [2.24, 2.45) is 0 Å². The molecule has 1 amide bonds. The predicted molar refractivity (Wildman–Crippen MR) is 108 cm³/mol. The van der Waals surface area contributed by atoms with Gasteiger partial charge < -0.3 is 9.64 Å². The molecule has 0 bridgehead atoms. The number of benzene rings is 2. The van der Waals surface area contributed by atoms with E-state index in [0.29, 0.717) is 13.1 Å². The van der Waals surface area contributed by atoms with Gasteiger partial charge in [0, 0.05) is 24.0 Å². The number of aromatic nitrogens is 1. The summed E-state index contributed by atoms with van der Waals surface area (Å²) in [7, 11) is 0. The summed E-state index contributed by atoms with van der Waals surface area (Å²) in [6, 6.07) is 17.8. The van der Waals surface area contributed by atoms with E-state index >= 15 is 0 Å². The molecule has 2 heterocycles. The van der Waals surface area contributed by atoms with E-state index in [0.717, 1.165) is 22.6 Å². The van der Waals surface area contributed by atoms with Crippen LogP contribution >= 0.6 is 11.3 Å². The van der Waals surface area contributed by atoms with Gasteiger partial charge in [0.15, 0.2) is 11.8 Å². The van der Waals surface area contributed by atoms with Gasteiger partial charge in [0.05, 0.1) is 0 Å². The average molecular weight is 392 g/mol. The number of amides is 1. The lowest BCUT2D eigenvalue weighted by molar-refractivity contribution is -0.140. The molecule has 0 saturated carbocycles. The number of fused-ring (bicyclic) bond motifs is 1. The number of thiazole rings is 1. The number of nitrogens with zero attached hydrogens (tertiary/aromatic N) is 2. The van der Waals surface area contributed by atoms with Crippen molar-refractivity contribution in [3.63, 3.8) is 0 Å². The highest BCUT2D eigenvalue weighted by Crippen LogP contribution is 2.24. The molecule has 0 radical (unpaired) electrons. The van der Waals surface area contributed by atoms with Crippen LogP contribution in [-0.4, -0.2) is 34.4 Å². The summed E-state index contributed by atoms with van der Waals surface area (Å²) in [6.07, 6.45) is -0.0330. The van der Waals surface area contributed by atoms with E-state index in [1.807, 2.05) is 48.5 Å². The van der Waals surface area contributed by atoms with Crippen LogP contribution in [0.2, 0.25) is 0 Å². The van der Waals surface area contributed by atoms with Crippen LogP contribution < -0.4 is 0 Å². The Bertz CT molecular complexity index is 1000. The summed E-state index contributed by atoms with van der Waals surface area (Å²) in [6.45, 7) is 2.80. The van der Waals surface area contributed by atoms with Gasteiger partial charge in [-0.2, -0.15) is 0 Å². The van der Waals surface area contributed by atoms with Gasteiger partial charge in [0.25, 0.3) is 5.91 Å². The minimum atomic E-state index is -0.848. The van der Waals surface area contributed by atoms with Crippen molar-refractivity contribution >= 4 is 23.2 Å². The Morgan fingerprint density at radius 1 is 1.07 bits per heavy atom. The Labute approximate surface area is 167 Å². The standard InChI is InChI=1S/C22H20N2O3S/c1-15(21(25)24-12-11-16-7-5-6-10-18(16)13-24)27-22(26)19-14-28-20(23-19)17-8-3-2-4-9-17/h2-10,14-15H,11-13H2,1H3/t15-/m0/s1. The predicted octanol–water partition coefficient (Wildman–Crippen LogP) is 3.94. The molecule has 0 saturated heterocycles. The zero-order chi connectivity index (χ0) is 19.5. The van der Waals surface area contributed by atoms with Gasteiger partial charge in [0.1, 0.15) is 5.01 Å². The van der Waals surface area contributed by atoms with Crippen LogP contribution in [0.5, 0.6) is 0 Å². The van der Waals surface area contributed by atoms with Crippen LogP contribution in [0.1, 0.15) is 28.5 Å². The molecule has 0 N–H and O–H groups in total. The summed E-state index contributed by atoms with van der Waals surface area (Å²) in [5.41, 5.74) is 3.59. The van der Waals surface area contributed by atoms with Gasteiger partial charge in [-0.25, -0.2) is 9.78 Å². The number of esters is 1. The number of carbonyl (C=O) groups excluding carboxylic acids is 2. The van der Waals surface area contributed by atoms with Gasteiger partial charge in [-0.3, -0.25) is 4.79 Å². The number of rotatable bonds is 4. The monoisotopic (exact) mass is 392 g/mol. The van der Waals surface area contributed by atoms with E-state index in [1.54, 1.807) is 17.2 Å². The smallest absolute Gasteiger partial charge is 0.358 e. The molecule has 142 valence electrons. The normalized spacial score (nSPS) is 14.2. The fourth-order valence-electron chi connectivity index (χ4n) is 3.29. The van der Waals surface area contributed by atoms with Gasteiger partial charge >= 0.3 is 5.97 Å².